The molecule has 13 nitrogen and oxygen atoms in total. The number of amides is 3. The number of benzene rings is 2. The van der Waals surface area contributed by atoms with Gasteiger partial charge in [0.1, 0.15) is 17.8 Å². The van der Waals surface area contributed by atoms with Gasteiger partial charge in [-0.25, -0.2) is 4.79 Å². The van der Waals surface area contributed by atoms with Crippen LogP contribution >= 0.6 is 7.60 Å². The van der Waals surface area contributed by atoms with E-state index in [0.29, 0.717) is 5.56 Å². The Balaban J connectivity index is 1.57. The van der Waals surface area contributed by atoms with E-state index in [1.165, 1.54) is 24.3 Å². The molecule has 0 aromatic heterocycles. The third-order valence-electron chi connectivity index (χ3n) is 6.10. The molecular weight excluding hydrogens is 508 g/mol. The summed E-state index contributed by atoms with van der Waals surface area (Å²) in [5, 5.41) is 27.2. The first-order valence-electron chi connectivity index (χ1n) is 11.2. The summed E-state index contributed by atoms with van der Waals surface area (Å²) >= 11 is 0. The molecule has 0 saturated carbocycles. The lowest BCUT2D eigenvalue weighted by Gasteiger charge is -2.30. The first-order valence-corrected chi connectivity index (χ1v) is 12.8. The summed E-state index contributed by atoms with van der Waals surface area (Å²) in [5.41, 5.74) is 0.484. The van der Waals surface area contributed by atoms with Gasteiger partial charge in [-0.2, -0.15) is 0 Å². The van der Waals surface area contributed by atoms with E-state index in [1.807, 2.05) is 0 Å². The van der Waals surface area contributed by atoms with Gasteiger partial charge in [0.15, 0.2) is 0 Å². The quantitative estimate of drug-likeness (QED) is 0.167. The van der Waals surface area contributed by atoms with Crippen molar-refractivity contribution in [2.75, 3.05) is 0 Å². The number of fused-ring (bicyclic) bond motifs is 1. The molecule has 0 bridgehead atoms. The lowest BCUT2D eigenvalue weighted by atomic mass is 9.72. The predicted octanol–water partition coefficient (Wildman–Crippen LogP) is -1.24. The van der Waals surface area contributed by atoms with Crippen molar-refractivity contribution in [1.29, 1.82) is 0 Å². The van der Waals surface area contributed by atoms with E-state index >= 15 is 0 Å². The molecule has 4 rings (SSSR count). The molecule has 2 aromatic rings. The van der Waals surface area contributed by atoms with Gasteiger partial charge in [0.2, 0.25) is 17.7 Å². The number of carboxylic acid groups (broad SMARTS) is 1. The molecule has 2 aliphatic heterocycles. The Morgan fingerprint density at radius 3 is 2.43 bits per heavy atom. The molecule has 1 unspecified atom stereocenters. The van der Waals surface area contributed by atoms with Crippen molar-refractivity contribution >= 4 is 43.7 Å². The summed E-state index contributed by atoms with van der Waals surface area (Å²) in [6.07, 6.45) is 0.406. The van der Waals surface area contributed by atoms with Crippen molar-refractivity contribution in [2.24, 2.45) is 0 Å². The van der Waals surface area contributed by atoms with E-state index in [4.69, 9.17) is 4.65 Å². The fraction of sp³-hybridized carbons (Fsp3) is 0.273. The normalized spacial score (nSPS) is 19.8. The summed E-state index contributed by atoms with van der Waals surface area (Å²) in [5.74, 6) is -3.98. The largest absolute Gasteiger partial charge is 0.547 e. The molecular formula is C22H23BN3O10P. The maximum absolute atomic E-state index is 13.3. The van der Waals surface area contributed by atoms with Crippen molar-refractivity contribution < 1.29 is 48.3 Å². The van der Waals surface area contributed by atoms with E-state index in [1.54, 1.807) is 6.07 Å². The minimum absolute atomic E-state index is 0.0112. The van der Waals surface area contributed by atoms with Crippen molar-refractivity contribution in [3.63, 3.8) is 0 Å². The van der Waals surface area contributed by atoms with E-state index in [0.717, 1.165) is 12.1 Å². The lowest BCUT2D eigenvalue weighted by Crippen LogP contribution is -2.56. The Hall–Kier alpha value is -3.71. The van der Waals surface area contributed by atoms with Crippen LogP contribution in [-0.4, -0.2) is 62.7 Å². The molecule has 2 aromatic carbocycles. The van der Waals surface area contributed by atoms with Gasteiger partial charge >= 0.3 is 20.7 Å². The van der Waals surface area contributed by atoms with Crippen LogP contribution < -0.4 is 25.9 Å². The second kappa shape index (κ2) is 10.3. The Kier molecular flexibility index (Phi) is 7.37. The van der Waals surface area contributed by atoms with Crippen LogP contribution in [-0.2, 0) is 25.4 Å². The van der Waals surface area contributed by atoms with Gasteiger partial charge in [0.25, 0.3) is 0 Å². The van der Waals surface area contributed by atoms with Gasteiger partial charge in [-0.05, 0) is 42.2 Å². The topological polar surface area (TPSA) is 212 Å². The Labute approximate surface area is 210 Å². The minimum atomic E-state index is -4.55. The van der Waals surface area contributed by atoms with E-state index in [9.17, 15) is 43.7 Å². The fourth-order valence-electron chi connectivity index (χ4n) is 4.20. The molecule has 37 heavy (non-hydrogen) atoms. The first-order chi connectivity index (χ1) is 17.4. The van der Waals surface area contributed by atoms with Gasteiger partial charge < -0.3 is 40.5 Å². The summed E-state index contributed by atoms with van der Waals surface area (Å²) in [4.78, 5) is 67.8. The summed E-state index contributed by atoms with van der Waals surface area (Å²) in [7, 11) is -6.15. The molecule has 15 heteroatoms. The molecule has 2 heterocycles. The predicted molar refractivity (Wildman–Crippen MR) is 128 cm³/mol. The number of carbonyl (C=O) groups is 4. The van der Waals surface area contributed by atoms with E-state index in [-0.39, 0.29) is 47.4 Å². The monoisotopic (exact) mass is 531 g/mol. The maximum Gasteiger partial charge on any atom is 0.547 e. The third kappa shape index (κ3) is 5.83. The Morgan fingerprint density at radius 2 is 1.84 bits per heavy atom. The highest BCUT2D eigenvalue weighted by Crippen LogP contribution is 2.33. The smallest absolute Gasteiger partial charge is 0.534 e. The zero-order chi connectivity index (χ0) is 26.9. The van der Waals surface area contributed by atoms with E-state index < -0.39 is 50.5 Å². The zero-order valence-electron chi connectivity index (χ0n) is 19.2. The van der Waals surface area contributed by atoms with Crippen LogP contribution in [0.4, 0.5) is 0 Å². The van der Waals surface area contributed by atoms with E-state index in [2.05, 4.69) is 16.0 Å². The van der Waals surface area contributed by atoms with Gasteiger partial charge in [-0.15, -0.1) is 0 Å². The van der Waals surface area contributed by atoms with Crippen molar-refractivity contribution in [3.8, 4) is 5.75 Å². The SMILES string of the molecule is O=C1CC[C@@H](C(=O)NC(C(=O)N[C@H]2Cc3cccc(C(=O)O)c3OB2O)c2ccc(P(=O)(O)O)cc2)N1. The third-order valence-corrected chi connectivity index (χ3v) is 7.07. The molecule has 3 atom stereocenters. The maximum atomic E-state index is 13.3. The van der Waals surface area contributed by atoms with Crippen molar-refractivity contribution in [3.05, 3.63) is 59.2 Å². The van der Waals surface area contributed by atoms with Crippen LogP contribution in [0, 0.1) is 0 Å². The Bertz CT molecular complexity index is 1300. The van der Waals surface area contributed by atoms with Crippen molar-refractivity contribution in [1.82, 2.24) is 16.0 Å². The minimum Gasteiger partial charge on any atom is -0.534 e. The summed E-state index contributed by atoms with van der Waals surface area (Å²) in [6, 6.07) is 7.00. The van der Waals surface area contributed by atoms with Crippen LogP contribution in [0.25, 0.3) is 0 Å². The standard InChI is InChI=1S/C22H23BN3O10P/c27-17-9-8-15(24-17)20(28)26-18(11-4-6-13(7-5-11)37(33,34)35)21(29)25-16-10-12-2-1-3-14(22(30)31)19(12)36-23(16)32/h1-7,15-16,18,32H,8-10H2,(H,24,27)(H,25,29)(H,26,28)(H,30,31)(H2,33,34,35)/t15-,16-,18?/m0/s1. The molecule has 1 fully saturated rings. The average molecular weight is 531 g/mol. The molecule has 7 N–H and O–H groups in total. The number of carbonyl (C=O) groups excluding carboxylic acids is 3. The molecule has 3 amide bonds. The van der Waals surface area contributed by atoms with Gasteiger partial charge in [-0.1, -0.05) is 24.3 Å². The van der Waals surface area contributed by atoms with Crippen LogP contribution in [0.5, 0.6) is 5.75 Å². The zero-order valence-corrected chi connectivity index (χ0v) is 20.1. The number of hydrogen-bond acceptors (Lipinski definition) is 7. The van der Waals surface area contributed by atoms with Crippen LogP contribution in [0.3, 0.4) is 0 Å². The highest BCUT2D eigenvalue weighted by Gasteiger charge is 2.40. The van der Waals surface area contributed by atoms with Gasteiger partial charge in [-0.3, -0.25) is 18.9 Å². The second-order valence-corrected chi connectivity index (χ2v) is 10.3. The molecule has 0 aliphatic carbocycles. The number of aromatic carboxylic acids is 1. The van der Waals surface area contributed by atoms with Gasteiger partial charge in [0, 0.05) is 6.42 Å². The van der Waals surface area contributed by atoms with Crippen molar-refractivity contribution in [2.45, 2.75) is 37.3 Å². The molecule has 194 valence electrons. The first kappa shape index (κ1) is 26.4. The Morgan fingerprint density at radius 1 is 1.14 bits per heavy atom. The molecule has 0 spiro atoms. The van der Waals surface area contributed by atoms with Crippen LogP contribution in [0.15, 0.2) is 42.5 Å². The fourth-order valence-corrected chi connectivity index (χ4v) is 4.73. The highest BCUT2D eigenvalue weighted by molar-refractivity contribution is 7.60. The molecule has 1 saturated heterocycles. The number of rotatable bonds is 7. The van der Waals surface area contributed by atoms with Gasteiger partial charge in [0.05, 0.1) is 16.8 Å². The number of carboxylic acids is 1. The number of para-hydroxylation sites is 1. The number of hydrogen-bond donors (Lipinski definition) is 7. The summed E-state index contributed by atoms with van der Waals surface area (Å²) < 4.78 is 16.9. The summed E-state index contributed by atoms with van der Waals surface area (Å²) in [6.45, 7) is 0. The lowest BCUT2D eigenvalue weighted by molar-refractivity contribution is -0.130. The molecule has 2 aliphatic rings. The molecule has 0 radical (unpaired) electrons. The highest BCUT2D eigenvalue weighted by atomic mass is 31.2. The number of nitrogens with one attached hydrogen (secondary N) is 3. The van der Waals surface area contributed by atoms with Crippen LogP contribution in [0.2, 0.25) is 0 Å². The average Bonchev–Trinajstić information content (AvgIpc) is 3.28. The second-order valence-electron chi connectivity index (χ2n) is 8.66. The van der Waals surface area contributed by atoms with Crippen LogP contribution in [0.1, 0.15) is 40.4 Å².